The van der Waals surface area contributed by atoms with Crippen LogP contribution in [-0.4, -0.2) is 13.1 Å². The molecule has 0 saturated heterocycles. The highest BCUT2D eigenvalue weighted by Crippen LogP contribution is 2.29. The average molecular weight is 247 g/mol. The molecule has 2 nitrogen and oxygen atoms in total. The van der Waals surface area contributed by atoms with E-state index < -0.39 is 5.97 Å². The molecule has 1 rings (SSSR count). The van der Waals surface area contributed by atoms with Crippen molar-refractivity contribution in [3.05, 3.63) is 33.4 Å². The lowest BCUT2D eigenvalue weighted by Gasteiger charge is -2.01. The van der Waals surface area contributed by atoms with Crippen molar-refractivity contribution in [2.45, 2.75) is 19.8 Å². The minimum absolute atomic E-state index is 0.329. The number of carbonyl (C=O) groups is 1. The lowest BCUT2D eigenvalue weighted by Crippen LogP contribution is -2.04. The summed E-state index contributed by atoms with van der Waals surface area (Å²) in [6.45, 7) is 2.01. The molecule has 0 unspecified atom stereocenters. The van der Waals surface area contributed by atoms with E-state index in [-0.39, 0.29) is 0 Å². The first kappa shape index (κ1) is 12.3. The molecule has 0 aliphatic heterocycles. The normalized spacial score (nSPS) is 16.8. The Balaban J connectivity index is 3.05. The van der Waals surface area contributed by atoms with Crippen molar-refractivity contribution in [3.8, 4) is 0 Å². The molecule has 82 valence electrons. The highest BCUT2D eigenvalue weighted by molar-refractivity contribution is 6.38. The molecular formula is C11H12Cl2O2. The molecule has 0 aromatic heterocycles. The minimum Gasteiger partial charge on any atom is -0.465 e. The van der Waals surface area contributed by atoms with Crippen molar-refractivity contribution < 1.29 is 9.53 Å². The van der Waals surface area contributed by atoms with Crippen LogP contribution in [0.1, 0.15) is 19.8 Å². The van der Waals surface area contributed by atoms with Gasteiger partial charge < -0.3 is 4.74 Å². The van der Waals surface area contributed by atoms with Gasteiger partial charge in [-0.1, -0.05) is 36.2 Å². The van der Waals surface area contributed by atoms with E-state index in [1.165, 1.54) is 7.11 Å². The van der Waals surface area contributed by atoms with Gasteiger partial charge in [-0.15, -0.1) is 0 Å². The number of allylic oxidation sites excluding steroid dienone is 4. The van der Waals surface area contributed by atoms with Crippen LogP contribution in [0, 0.1) is 0 Å². The predicted molar refractivity (Wildman–Crippen MR) is 61.8 cm³/mol. The van der Waals surface area contributed by atoms with Crippen LogP contribution >= 0.6 is 23.2 Å². The molecule has 0 bridgehead atoms. The summed E-state index contributed by atoms with van der Waals surface area (Å²) in [6.07, 6.45) is 4.81. The Labute approximate surface area is 99.2 Å². The van der Waals surface area contributed by atoms with Crippen LogP contribution in [0.4, 0.5) is 0 Å². The standard InChI is InChI=1S/C11H12Cl2O2/c1-3-7-4-5-8(11(14)15-2)10(13)6-9(7)12/h5-6H,3-4H2,1-2H3. The monoisotopic (exact) mass is 246 g/mol. The Hall–Kier alpha value is -0.730. The average Bonchev–Trinajstić information content (AvgIpc) is 2.35. The van der Waals surface area contributed by atoms with Gasteiger partial charge in [-0.2, -0.15) is 0 Å². The number of hydrogen-bond acceptors (Lipinski definition) is 2. The molecule has 15 heavy (non-hydrogen) atoms. The van der Waals surface area contributed by atoms with Gasteiger partial charge in [0.25, 0.3) is 0 Å². The quantitative estimate of drug-likeness (QED) is 0.698. The second-order valence-corrected chi connectivity index (χ2v) is 3.93. The number of ether oxygens (including phenoxy) is 1. The summed E-state index contributed by atoms with van der Waals surface area (Å²) >= 11 is 12.0. The molecule has 0 fully saturated rings. The third-order valence-corrected chi connectivity index (χ3v) is 2.92. The van der Waals surface area contributed by atoms with Crippen LogP contribution in [0.3, 0.4) is 0 Å². The highest BCUT2D eigenvalue weighted by Gasteiger charge is 2.17. The molecule has 1 aliphatic carbocycles. The Morgan fingerprint density at radius 3 is 2.73 bits per heavy atom. The zero-order valence-corrected chi connectivity index (χ0v) is 10.2. The van der Waals surface area contributed by atoms with Crippen LogP contribution in [0.25, 0.3) is 0 Å². The molecule has 0 saturated carbocycles. The topological polar surface area (TPSA) is 26.3 Å². The first-order chi connectivity index (χ1) is 7.10. The number of esters is 1. The largest absolute Gasteiger partial charge is 0.465 e. The van der Waals surface area contributed by atoms with Gasteiger partial charge in [0.2, 0.25) is 0 Å². The molecule has 4 heteroatoms. The molecule has 0 aromatic carbocycles. The fourth-order valence-corrected chi connectivity index (χ4v) is 1.95. The first-order valence-corrected chi connectivity index (χ1v) is 5.39. The smallest absolute Gasteiger partial charge is 0.339 e. The van der Waals surface area contributed by atoms with Gasteiger partial charge in [0, 0.05) is 5.03 Å². The molecule has 0 radical (unpaired) electrons. The van der Waals surface area contributed by atoms with Crippen molar-refractivity contribution in [2.75, 3.05) is 7.11 Å². The van der Waals surface area contributed by atoms with E-state index in [9.17, 15) is 4.79 Å². The van der Waals surface area contributed by atoms with Crippen molar-refractivity contribution in [2.24, 2.45) is 0 Å². The fourth-order valence-electron chi connectivity index (χ4n) is 1.32. The van der Waals surface area contributed by atoms with Crippen LogP contribution in [0.2, 0.25) is 0 Å². The van der Waals surface area contributed by atoms with E-state index in [1.807, 2.05) is 6.92 Å². The van der Waals surface area contributed by atoms with Crippen molar-refractivity contribution in [1.29, 1.82) is 0 Å². The van der Waals surface area contributed by atoms with Gasteiger partial charge in [0.15, 0.2) is 0 Å². The molecule has 1 aliphatic rings. The summed E-state index contributed by atoms with van der Waals surface area (Å²) in [7, 11) is 1.33. The van der Waals surface area contributed by atoms with Crippen molar-refractivity contribution in [1.82, 2.24) is 0 Å². The van der Waals surface area contributed by atoms with Crippen molar-refractivity contribution in [3.63, 3.8) is 0 Å². The van der Waals surface area contributed by atoms with E-state index in [0.29, 0.717) is 22.1 Å². The maximum absolute atomic E-state index is 11.4. The number of hydrogen-bond donors (Lipinski definition) is 0. The van der Waals surface area contributed by atoms with E-state index in [2.05, 4.69) is 4.74 Å². The van der Waals surface area contributed by atoms with Gasteiger partial charge in [-0.25, -0.2) is 4.79 Å². The summed E-state index contributed by atoms with van der Waals surface area (Å²) in [5.41, 5.74) is 1.44. The zero-order chi connectivity index (χ0) is 11.4. The Morgan fingerprint density at radius 2 is 2.20 bits per heavy atom. The highest BCUT2D eigenvalue weighted by atomic mass is 35.5. The van der Waals surface area contributed by atoms with Crippen LogP contribution in [-0.2, 0) is 9.53 Å². The SMILES string of the molecule is CCC1=C(Cl)C=C(Cl)C(C(=O)OC)=CC1. The van der Waals surface area contributed by atoms with Gasteiger partial charge >= 0.3 is 5.97 Å². The first-order valence-electron chi connectivity index (χ1n) is 4.63. The van der Waals surface area contributed by atoms with Crippen molar-refractivity contribution >= 4 is 29.2 Å². The van der Waals surface area contributed by atoms with Gasteiger partial charge in [-0.05, 0) is 24.5 Å². The minimum atomic E-state index is -0.432. The second kappa shape index (κ2) is 5.38. The third-order valence-electron chi connectivity index (χ3n) is 2.23. The zero-order valence-electron chi connectivity index (χ0n) is 8.64. The molecule has 0 heterocycles. The Morgan fingerprint density at radius 1 is 1.53 bits per heavy atom. The van der Waals surface area contributed by atoms with Gasteiger partial charge in [0.05, 0.1) is 17.7 Å². The molecule has 0 spiro atoms. The summed E-state index contributed by atoms with van der Waals surface area (Å²) in [6, 6.07) is 0. The maximum atomic E-state index is 11.4. The number of carbonyl (C=O) groups excluding carboxylic acids is 1. The fraction of sp³-hybridized carbons (Fsp3) is 0.364. The van der Waals surface area contributed by atoms with E-state index in [0.717, 1.165) is 12.0 Å². The molecule has 0 aromatic rings. The lowest BCUT2D eigenvalue weighted by molar-refractivity contribution is -0.135. The summed E-state index contributed by atoms with van der Waals surface area (Å²) in [5, 5.41) is 0.938. The van der Waals surface area contributed by atoms with E-state index >= 15 is 0 Å². The predicted octanol–water partition coefficient (Wildman–Crippen LogP) is 3.52. The Bertz CT molecular complexity index is 365. The number of rotatable bonds is 2. The number of halogens is 2. The lowest BCUT2D eigenvalue weighted by atomic mass is 10.1. The number of methoxy groups -OCH3 is 1. The van der Waals surface area contributed by atoms with Crippen LogP contribution in [0.5, 0.6) is 0 Å². The van der Waals surface area contributed by atoms with Crippen LogP contribution in [0.15, 0.2) is 33.4 Å². The summed E-state index contributed by atoms with van der Waals surface area (Å²) in [5.74, 6) is -0.432. The third kappa shape index (κ3) is 2.86. The molecule has 0 amide bonds. The van der Waals surface area contributed by atoms with E-state index in [1.54, 1.807) is 12.2 Å². The maximum Gasteiger partial charge on any atom is 0.339 e. The van der Waals surface area contributed by atoms with E-state index in [4.69, 9.17) is 23.2 Å². The van der Waals surface area contributed by atoms with Gasteiger partial charge in [-0.3, -0.25) is 0 Å². The van der Waals surface area contributed by atoms with Gasteiger partial charge in [0.1, 0.15) is 0 Å². The van der Waals surface area contributed by atoms with Crippen LogP contribution < -0.4 is 0 Å². The second-order valence-electron chi connectivity index (χ2n) is 3.11. The summed E-state index contributed by atoms with van der Waals surface area (Å²) in [4.78, 5) is 11.4. The molecule has 0 N–H and O–H groups in total. The summed E-state index contributed by atoms with van der Waals surface area (Å²) < 4.78 is 4.63. The molecule has 0 atom stereocenters. The molecular weight excluding hydrogens is 235 g/mol. The Kier molecular flexibility index (Phi) is 4.43.